The van der Waals surface area contributed by atoms with Gasteiger partial charge in [-0.05, 0) is 37.4 Å². The van der Waals surface area contributed by atoms with Crippen LogP contribution in [-0.4, -0.2) is 19.0 Å². The van der Waals surface area contributed by atoms with E-state index in [1.165, 1.54) is 0 Å². The highest BCUT2D eigenvalue weighted by Crippen LogP contribution is 2.31. The van der Waals surface area contributed by atoms with Crippen LogP contribution in [0, 0.1) is 5.92 Å². The molecule has 1 aromatic carbocycles. The summed E-state index contributed by atoms with van der Waals surface area (Å²) < 4.78 is 27.7. The third-order valence-corrected chi connectivity index (χ3v) is 3.35. The molecule has 1 heterocycles. The van der Waals surface area contributed by atoms with E-state index >= 15 is 0 Å². The van der Waals surface area contributed by atoms with E-state index in [1.807, 2.05) is 18.2 Å². The molecule has 0 atom stereocenters. The second kappa shape index (κ2) is 5.58. The van der Waals surface area contributed by atoms with Crippen molar-refractivity contribution in [1.82, 2.24) is 5.32 Å². The summed E-state index contributed by atoms with van der Waals surface area (Å²) in [6.45, 7) is 1.76. The molecule has 0 unspecified atom stereocenters. The minimum atomic E-state index is -2.57. The molecule has 1 N–H and O–H groups in total. The Balaban J connectivity index is 1.89. The lowest BCUT2D eigenvalue weighted by atomic mass is 9.89. The van der Waals surface area contributed by atoms with Crippen LogP contribution in [0.2, 0.25) is 0 Å². The number of nitrogens with one attached hydrogen (secondary N) is 1. The van der Waals surface area contributed by atoms with Gasteiger partial charge in [-0.25, -0.2) is 8.78 Å². The highest BCUT2D eigenvalue weighted by Gasteiger charge is 2.33. The number of piperidine rings is 1. The Kier molecular flexibility index (Phi) is 4.11. The molecule has 0 aliphatic carbocycles. The maximum absolute atomic E-state index is 13.9. The van der Waals surface area contributed by atoms with Crippen LogP contribution in [0.3, 0.4) is 0 Å². The third-order valence-electron chi connectivity index (χ3n) is 3.35. The van der Waals surface area contributed by atoms with E-state index in [-0.39, 0.29) is 18.8 Å². The van der Waals surface area contributed by atoms with Gasteiger partial charge in [-0.2, -0.15) is 0 Å². The molecule has 2 rings (SSSR count). The van der Waals surface area contributed by atoms with Gasteiger partial charge in [0.25, 0.3) is 5.92 Å². The van der Waals surface area contributed by atoms with Crippen molar-refractivity contribution in [2.24, 2.45) is 5.92 Å². The summed E-state index contributed by atoms with van der Waals surface area (Å²) in [6, 6.07) is 9.03. The molecule has 17 heavy (non-hydrogen) atoms. The Morgan fingerprint density at radius 2 is 1.76 bits per heavy atom. The van der Waals surface area contributed by atoms with Crippen LogP contribution in [0.1, 0.15) is 24.8 Å². The van der Waals surface area contributed by atoms with Gasteiger partial charge in [0.15, 0.2) is 0 Å². The predicted molar refractivity (Wildman–Crippen MR) is 65.3 cm³/mol. The monoisotopic (exact) mass is 239 g/mol. The number of halogens is 2. The first kappa shape index (κ1) is 12.5. The SMILES string of the molecule is FC(F)(Cc1ccccc1)CC1CCNCC1. The summed E-state index contributed by atoms with van der Waals surface area (Å²) in [4.78, 5) is 0. The largest absolute Gasteiger partial charge is 0.317 e. The number of rotatable bonds is 4. The Labute approximate surface area is 101 Å². The van der Waals surface area contributed by atoms with E-state index in [2.05, 4.69) is 5.32 Å². The van der Waals surface area contributed by atoms with Crippen molar-refractivity contribution in [3.63, 3.8) is 0 Å². The van der Waals surface area contributed by atoms with Crippen LogP contribution >= 0.6 is 0 Å². The first-order valence-electron chi connectivity index (χ1n) is 6.28. The Morgan fingerprint density at radius 1 is 1.12 bits per heavy atom. The summed E-state index contributed by atoms with van der Waals surface area (Å²) in [5, 5.41) is 3.21. The summed E-state index contributed by atoms with van der Waals surface area (Å²) >= 11 is 0. The molecular formula is C14H19F2N. The van der Waals surface area contributed by atoms with Crippen LogP contribution in [-0.2, 0) is 6.42 Å². The number of alkyl halides is 2. The fourth-order valence-electron chi connectivity index (χ4n) is 2.47. The van der Waals surface area contributed by atoms with Gasteiger partial charge < -0.3 is 5.32 Å². The van der Waals surface area contributed by atoms with Crippen LogP contribution in [0.25, 0.3) is 0 Å². The van der Waals surface area contributed by atoms with E-state index in [4.69, 9.17) is 0 Å². The number of hydrogen-bond acceptors (Lipinski definition) is 1. The van der Waals surface area contributed by atoms with E-state index in [9.17, 15) is 8.78 Å². The topological polar surface area (TPSA) is 12.0 Å². The minimum absolute atomic E-state index is 0.0313. The minimum Gasteiger partial charge on any atom is -0.317 e. The molecule has 1 fully saturated rings. The zero-order valence-corrected chi connectivity index (χ0v) is 9.96. The summed E-state index contributed by atoms with van der Waals surface area (Å²) in [5.74, 6) is -2.39. The molecule has 0 saturated carbocycles. The Hall–Kier alpha value is -0.960. The van der Waals surface area contributed by atoms with Gasteiger partial charge in [-0.3, -0.25) is 0 Å². The molecule has 1 nitrogen and oxygen atoms in total. The maximum atomic E-state index is 13.9. The van der Waals surface area contributed by atoms with Crippen LogP contribution < -0.4 is 5.32 Å². The Bertz CT molecular complexity index is 331. The van der Waals surface area contributed by atoms with Crippen molar-refractivity contribution in [1.29, 1.82) is 0 Å². The fraction of sp³-hybridized carbons (Fsp3) is 0.571. The lowest BCUT2D eigenvalue weighted by Gasteiger charge is -2.27. The van der Waals surface area contributed by atoms with Crippen molar-refractivity contribution in [3.05, 3.63) is 35.9 Å². The molecule has 0 bridgehead atoms. The van der Waals surface area contributed by atoms with Gasteiger partial charge in [0.2, 0.25) is 0 Å². The molecule has 94 valence electrons. The van der Waals surface area contributed by atoms with E-state index in [1.54, 1.807) is 12.1 Å². The van der Waals surface area contributed by atoms with Crippen LogP contribution in [0.5, 0.6) is 0 Å². The molecule has 0 amide bonds. The summed E-state index contributed by atoms with van der Waals surface area (Å²) in [7, 11) is 0. The fourth-order valence-corrected chi connectivity index (χ4v) is 2.47. The van der Waals surface area contributed by atoms with Gasteiger partial charge in [-0.15, -0.1) is 0 Å². The molecule has 1 aromatic rings. The van der Waals surface area contributed by atoms with E-state index in [0.717, 1.165) is 31.5 Å². The molecule has 1 aliphatic heterocycles. The zero-order chi connectivity index (χ0) is 12.1. The molecular weight excluding hydrogens is 220 g/mol. The Morgan fingerprint density at radius 3 is 2.41 bits per heavy atom. The average molecular weight is 239 g/mol. The van der Waals surface area contributed by atoms with Gasteiger partial charge in [0, 0.05) is 12.8 Å². The standard InChI is InChI=1S/C14H19F2N/c15-14(16,10-12-4-2-1-3-5-12)11-13-6-8-17-9-7-13/h1-5,13,17H,6-11H2. The summed E-state index contributed by atoms with van der Waals surface area (Å²) in [5.41, 5.74) is 0.728. The highest BCUT2D eigenvalue weighted by molar-refractivity contribution is 5.16. The van der Waals surface area contributed by atoms with E-state index < -0.39 is 5.92 Å². The van der Waals surface area contributed by atoms with Crippen molar-refractivity contribution >= 4 is 0 Å². The van der Waals surface area contributed by atoms with Crippen molar-refractivity contribution < 1.29 is 8.78 Å². The first-order chi connectivity index (χ1) is 8.16. The average Bonchev–Trinajstić information content (AvgIpc) is 2.30. The lowest BCUT2D eigenvalue weighted by molar-refractivity contribution is -0.0260. The number of hydrogen-bond donors (Lipinski definition) is 1. The normalized spacial score (nSPS) is 18.2. The smallest absolute Gasteiger partial charge is 0.252 e. The molecule has 3 heteroatoms. The van der Waals surface area contributed by atoms with Crippen molar-refractivity contribution in [3.8, 4) is 0 Å². The molecule has 0 radical (unpaired) electrons. The van der Waals surface area contributed by atoms with Crippen LogP contribution in [0.15, 0.2) is 30.3 Å². The van der Waals surface area contributed by atoms with Crippen LogP contribution in [0.4, 0.5) is 8.78 Å². The van der Waals surface area contributed by atoms with Gasteiger partial charge in [-0.1, -0.05) is 30.3 Å². The molecule has 0 aromatic heterocycles. The molecule has 1 aliphatic rings. The predicted octanol–water partition coefficient (Wildman–Crippen LogP) is 3.25. The van der Waals surface area contributed by atoms with Gasteiger partial charge in [0.05, 0.1) is 0 Å². The van der Waals surface area contributed by atoms with Crippen molar-refractivity contribution in [2.45, 2.75) is 31.6 Å². The number of benzene rings is 1. The van der Waals surface area contributed by atoms with Gasteiger partial charge in [0.1, 0.15) is 0 Å². The second-order valence-corrected chi connectivity index (χ2v) is 4.92. The lowest BCUT2D eigenvalue weighted by Crippen LogP contribution is -2.32. The maximum Gasteiger partial charge on any atom is 0.252 e. The first-order valence-corrected chi connectivity index (χ1v) is 6.28. The van der Waals surface area contributed by atoms with Gasteiger partial charge >= 0.3 is 0 Å². The zero-order valence-electron chi connectivity index (χ0n) is 9.96. The summed E-state index contributed by atoms with van der Waals surface area (Å²) in [6.07, 6.45) is 1.66. The third kappa shape index (κ3) is 4.08. The van der Waals surface area contributed by atoms with E-state index in [0.29, 0.717) is 0 Å². The molecule has 1 saturated heterocycles. The highest BCUT2D eigenvalue weighted by atomic mass is 19.3. The van der Waals surface area contributed by atoms with Crippen molar-refractivity contribution in [2.75, 3.05) is 13.1 Å². The second-order valence-electron chi connectivity index (χ2n) is 4.92. The quantitative estimate of drug-likeness (QED) is 0.850. The molecule has 0 spiro atoms.